The number of aliphatic carboxylic acids is 1. The molecule has 6 heteroatoms. The smallest absolute Gasteiger partial charge is 0.303 e. The van der Waals surface area contributed by atoms with Gasteiger partial charge in [-0.1, -0.05) is 39.5 Å². The Morgan fingerprint density at radius 3 is 1.85 bits per heavy atom. The van der Waals surface area contributed by atoms with E-state index in [1.54, 1.807) is 4.31 Å². The number of carboxylic acids is 1. The molecule has 0 radical (unpaired) electrons. The summed E-state index contributed by atoms with van der Waals surface area (Å²) < 4.78 is 26.0. The molecule has 0 aliphatic carbocycles. The molecule has 5 nitrogen and oxygen atoms in total. The second kappa shape index (κ2) is 11.1. The molecule has 0 heterocycles. The monoisotopic (exact) mass is 307 g/mol. The quantitative estimate of drug-likeness (QED) is 0.531. The third-order valence-corrected chi connectivity index (χ3v) is 5.16. The van der Waals surface area contributed by atoms with Gasteiger partial charge in [-0.05, 0) is 19.3 Å². The number of carboxylic acid groups (broad SMARTS) is 1. The summed E-state index contributed by atoms with van der Waals surface area (Å²) in [4.78, 5) is 10.5. The summed E-state index contributed by atoms with van der Waals surface area (Å²) in [5.74, 6) is -0.999. The first-order valence-corrected chi connectivity index (χ1v) is 9.24. The van der Waals surface area contributed by atoms with Gasteiger partial charge in [0.15, 0.2) is 0 Å². The van der Waals surface area contributed by atoms with Crippen molar-refractivity contribution in [2.75, 3.05) is 18.8 Å². The van der Waals surface area contributed by atoms with E-state index >= 15 is 0 Å². The number of hydrogen-bond acceptors (Lipinski definition) is 3. The van der Waals surface area contributed by atoms with Crippen LogP contribution in [0.25, 0.3) is 0 Å². The van der Waals surface area contributed by atoms with Crippen LogP contribution in [-0.2, 0) is 14.8 Å². The van der Waals surface area contributed by atoms with Gasteiger partial charge in [-0.2, -0.15) is 0 Å². The van der Waals surface area contributed by atoms with Crippen LogP contribution in [0.5, 0.6) is 0 Å². The zero-order valence-corrected chi connectivity index (χ0v) is 13.6. The molecule has 0 spiro atoms. The molecule has 1 N–H and O–H groups in total. The number of sulfonamides is 1. The summed E-state index contributed by atoms with van der Waals surface area (Å²) in [6.45, 7) is 5.30. The molecule has 0 aromatic rings. The van der Waals surface area contributed by atoms with Crippen molar-refractivity contribution in [1.82, 2.24) is 4.31 Å². The molecule has 0 unspecified atom stereocenters. The van der Waals surface area contributed by atoms with Crippen LogP contribution in [0.2, 0.25) is 0 Å². The van der Waals surface area contributed by atoms with E-state index in [1.807, 2.05) is 0 Å². The lowest BCUT2D eigenvalue weighted by Crippen LogP contribution is -2.35. The van der Waals surface area contributed by atoms with Gasteiger partial charge in [0.25, 0.3) is 0 Å². The van der Waals surface area contributed by atoms with Gasteiger partial charge in [-0.15, -0.1) is 0 Å². The SMILES string of the molecule is CCCCCN(CCCCC)S(=O)(=O)CCCC(=O)O. The lowest BCUT2D eigenvalue weighted by Gasteiger charge is -2.22. The van der Waals surface area contributed by atoms with Gasteiger partial charge in [0.2, 0.25) is 10.0 Å². The van der Waals surface area contributed by atoms with Crippen LogP contribution in [0.3, 0.4) is 0 Å². The molecular weight excluding hydrogens is 278 g/mol. The summed E-state index contributed by atoms with van der Waals surface area (Å²) in [5.41, 5.74) is 0. The minimum atomic E-state index is -3.31. The Kier molecular flexibility index (Phi) is 10.7. The summed E-state index contributed by atoms with van der Waals surface area (Å²) in [6.07, 6.45) is 6.02. The standard InChI is InChI=1S/C14H29NO4S/c1-3-5-7-11-15(12-8-6-4-2)20(18,19)13-9-10-14(16)17/h3-13H2,1-2H3,(H,16,17). The second-order valence-corrected chi connectivity index (χ2v) is 7.22. The lowest BCUT2D eigenvalue weighted by molar-refractivity contribution is -0.137. The summed E-state index contributed by atoms with van der Waals surface area (Å²) >= 11 is 0. The predicted molar refractivity (Wildman–Crippen MR) is 81.3 cm³/mol. The molecular formula is C14H29NO4S. The Morgan fingerprint density at radius 1 is 0.950 bits per heavy atom. The first kappa shape index (κ1) is 19.4. The van der Waals surface area contributed by atoms with Crippen molar-refractivity contribution < 1.29 is 18.3 Å². The number of unbranched alkanes of at least 4 members (excludes halogenated alkanes) is 4. The van der Waals surface area contributed by atoms with Gasteiger partial charge >= 0.3 is 5.97 Å². The topological polar surface area (TPSA) is 74.7 Å². The fraction of sp³-hybridized carbons (Fsp3) is 0.929. The van der Waals surface area contributed by atoms with E-state index in [0.717, 1.165) is 38.5 Å². The van der Waals surface area contributed by atoms with E-state index in [2.05, 4.69) is 13.8 Å². The molecule has 0 fully saturated rings. The third-order valence-electron chi connectivity index (χ3n) is 3.21. The van der Waals surface area contributed by atoms with Gasteiger partial charge in [0.1, 0.15) is 0 Å². The van der Waals surface area contributed by atoms with Crippen LogP contribution in [0, 0.1) is 0 Å². The van der Waals surface area contributed by atoms with E-state index in [4.69, 9.17) is 5.11 Å². The number of nitrogens with zero attached hydrogens (tertiary/aromatic N) is 1. The van der Waals surface area contributed by atoms with Gasteiger partial charge in [-0.25, -0.2) is 12.7 Å². The predicted octanol–water partition coefficient (Wildman–Crippen LogP) is 2.86. The Bertz CT molecular complexity index is 344. The maximum Gasteiger partial charge on any atom is 0.303 e. The lowest BCUT2D eigenvalue weighted by atomic mass is 10.2. The molecule has 0 rings (SSSR count). The summed E-state index contributed by atoms with van der Waals surface area (Å²) in [5, 5.41) is 8.59. The normalized spacial score (nSPS) is 11.9. The molecule has 0 aromatic heterocycles. The van der Waals surface area contributed by atoms with Crippen LogP contribution >= 0.6 is 0 Å². The second-order valence-electron chi connectivity index (χ2n) is 5.13. The van der Waals surface area contributed by atoms with Crippen molar-refractivity contribution in [3.63, 3.8) is 0 Å². The van der Waals surface area contributed by atoms with Gasteiger partial charge < -0.3 is 5.11 Å². The molecule has 120 valence electrons. The highest BCUT2D eigenvalue weighted by molar-refractivity contribution is 7.89. The first-order chi connectivity index (χ1) is 9.44. The maximum atomic E-state index is 12.2. The average Bonchev–Trinajstić information content (AvgIpc) is 2.36. The van der Waals surface area contributed by atoms with Crippen LogP contribution in [0.15, 0.2) is 0 Å². The van der Waals surface area contributed by atoms with E-state index in [9.17, 15) is 13.2 Å². The Morgan fingerprint density at radius 2 is 1.45 bits per heavy atom. The zero-order valence-electron chi connectivity index (χ0n) is 12.8. The summed E-state index contributed by atoms with van der Waals surface area (Å²) in [6, 6.07) is 0. The zero-order chi connectivity index (χ0) is 15.4. The van der Waals surface area contributed by atoms with Gasteiger partial charge in [0.05, 0.1) is 5.75 Å². The van der Waals surface area contributed by atoms with Crippen LogP contribution in [-0.4, -0.2) is 42.6 Å². The maximum absolute atomic E-state index is 12.2. The number of rotatable bonds is 13. The van der Waals surface area contributed by atoms with E-state index in [1.165, 1.54) is 0 Å². The largest absolute Gasteiger partial charge is 0.481 e. The minimum absolute atomic E-state index is 0.0580. The van der Waals surface area contributed by atoms with E-state index < -0.39 is 16.0 Å². The molecule has 20 heavy (non-hydrogen) atoms. The van der Waals surface area contributed by atoms with Crippen molar-refractivity contribution in [2.45, 2.75) is 65.2 Å². The molecule has 0 bridgehead atoms. The Labute approximate surface area is 123 Å². The number of carbonyl (C=O) groups is 1. The summed E-state index contributed by atoms with van der Waals surface area (Å²) in [7, 11) is -3.31. The molecule has 0 atom stereocenters. The van der Waals surface area contributed by atoms with Crippen molar-refractivity contribution in [3.8, 4) is 0 Å². The molecule has 0 aliphatic rings. The van der Waals surface area contributed by atoms with Crippen LogP contribution in [0.1, 0.15) is 65.2 Å². The molecule has 0 saturated carbocycles. The van der Waals surface area contributed by atoms with Crippen molar-refractivity contribution in [1.29, 1.82) is 0 Å². The highest BCUT2D eigenvalue weighted by Gasteiger charge is 2.21. The molecule has 0 amide bonds. The fourth-order valence-electron chi connectivity index (χ4n) is 2.00. The molecule has 0 saturated heterocycles. The first-order valence-electron chi connectivity index (χ1n) is 7.63. The van der Waals surface area contributed by atoms with Crippen molar-refractivity contribution >= 4 is 16.0 Å². The third kappa shape index (κ3) is 9.31. The Hall–Kier alpha value is -0.620. The van der Waals surface area contributed by atoms with Gasteiger partial charge in [0, 0.05) is 19.5 Å². The van der Waals surface area contributed by atoms with Crippen molar-refractivity contribution in [2.24, 2.45) is 0 Å². The molecule has 0 aromatic carbocycles. The minimum Gasteiger partial charge on any atom is -0.481 e. The highest BCUT2D eigenvalue weighted by atomic mass is 32.2. The van der Waals surface area contributed by atoms with Crippen LogP contribution < -0.4 is 0 Å². The van der Waals surface area contributed by atoms with Crippen LogP contribution in [0.4, 0.5) is 0 Å². The average molecular weight is 307 g/mol. The fourth-order valence-corrected chi connectivity index (χ4v) is 3.58. The van der Waals surface area contributed by atoms with Crippen molar-refractivity contribution in [3.05, 3.63) is 0 Å². The Balaban J connectivity index is 4.40. The molecule has 0 aliphatic heterocycles. The highest BCUT2D eigenvalue weighted by Crippen LogP contribution is 2.10. The van der Waals surface area contributed by atoms with Gasteiger partial charge in [-0.3, -0.25) is 4.79 Å². The van der Waals surface area contributed by atoms with E-state index in [-0.39, 0.29) is 18.6 Å². The van der Waals surface area contributed by atoms with E-state index in [0.29, 0.717) is 13.1 Å². The number of hydrogen-bond donors (Lipinski definition) is 1.